The van der Waals surface area contributed by atoms with E-state index in [0.29, 0.717) is 12.0 Å². The molecule has 4 nitrogen and oxygen atoms in total. The van der Waals surface area contributed by atoms with Crippen LogP contribution in [-0.4, -0.2) is 61.5 Å². The van der Waals surface area contributed by atoms with Crippen LogP contribution in [0.15, 0.2) is 0 Å². The number of aliphatic hydroxyl groups excluding tert-OH is 1. The van der Waals surface area contributed by atoms with Crippen molar-refractivity contribution in [2.45, 2.75) is 32.0 Å². The van der Waals surface area contributed by atoms with E-state index < -0.39 is 0 Å². The first-order chi connectivity index (χ1) is 7.79. The molecule has 16 heavy (non-hydrogen) atoms. The molecule has 2 N–H and O–H groups in total. The van der Waals surface area contributed by atoms with E-state index in [2.05, 4.69) is 17.1 Å². The second-order valence-corrected chi connectivity index (χ2v) is 4.95. The number of aliphatic hydroxyl groups is 1. The smallest absolute Gasteiger partial charge is 0.0826 e. The molecule has 2 rings (SSSR count). The average molecular weight is 228 g/mol. The molecule has 4 heteroatoms. The van der Waals surface area contributed by atoms with E-state index in [1.165, 1.54) is 12.8 Å². The summed E-state index contributed by atoms with van der Waals surface area (Å²) < 4.78 is 5.68. The molecule has 94 valence electrons. The standard InChI is InChI=1S/C12H24N2O2/c1-2-14-5-6-16-11(9-14)7-13-8-12(15)10-3-4-10/h10-13,15H,2-9H2,1H3. The fourth-order valence-electron chi connectivity index (χ4n) is 2.23. The van der Waals surface area contributed by atoms with Crippen molar-refractivity contribution in [1.29, 1.82) is 0 Å². The maximum absolute atomic E-state index is 9.70. The molecule has 1 aliphatic carbocycles. The number of nitrogens with one attached hydrogen (secondary N) is 1. The minimum absolute atomic E-state index is 0.147. The monoisotopic (exact) mass is 228 g/mol. The van der Waals surface area contributed by atoms with Gasteiger partial charge in [-0.15, -0.1) is 0 Å². The fraction of sp³-hybridized carbons (Fsp3) is 1.00. The predicted molar refractivity (Wildman–Crippen MR) is 63.5 cm³/mol. The molecule has 1 aliphatic heterocycles. The van der Waals surface area contributed by atoms with Gasteiger partial charge in [-0.05, 0) is 25.3 Å². The Labute approximate surface area is 98.0 Å². The summed E-state index contributed by atoms with van der Waals surface area (Å²) in [6, 6.07) is 0. The van der Waals surface area contributed by atoms with Crippen LogP contribution in [0, 0.1) is 5.92 Å². The van der Waals surface area contributed by atoms with Crippen LogP contribution in [-0.2, 0) is 4.74 Å². The third-order valence-corrected chi connectivity index (χ3v) is 3.56. The first-order valence-electron chi connectivity index (χ1n) is 6.52. The quantitative estimate of drug-likeness (QED) is 0.675. The number of ether oxygens (including phenoxy) is 1. The van der Waals surface area contributed by atoms with E-state index in [9.17, 15) is 5.11 Å². The van der Waals surface area contributed by atoms with E-state index >= 15 is 0 Å². The Hall–Kier alpha value is -0.160. The largest absolute Gasteiger partial charge is 0.392 e. The first-order valence-corrected chi connectivity index (χ1v) is 6.52. The molecule has 1 saturated carbocycles. The molecule has 0 amide bonds. The zero-order valence-corrected chi connectivity index (χ0v) is 10.2. The summed E-state index contributed by atoms with van der Waals surface area (Å²) in [4.78, 5) is 2.41. The van der Waals surface area contributed by atoms with Gasteiger partial charge in [0.25, 0.3) is 0 Å². The number of nitrogens with zero attached hydrogens (tertiary/aromatic N) is 1. The van der Waals surface area contributed by atoms with Crippen LogP contribution in [0.3, 0.4) is 0 Å². The first kappa shape index (κ1) is 12.3. The van der Waals surface area contributed by atoms with E-state index in [4.69, 9.17) is 4.74 Å². The number of rotatable bonds is 6. The fourth-order valence-corrected chi connectivity index (χ4v) is 2.23. The Morgan fingerprint density at radius 3 is 3.00 bits per heavy atom. The van der Waals surface area contributed by atoms with Gasteiger partial charge in [-0.1, -0.05) is 6.92 Å². The van der Waals surface area contributed by atoms with Crippen LogP contribution in [0.4, 0.5) is 0 Å². The lowest BCUT2D eigenvalue weighted by Gasteiger charge is -2.32. The Morgan fingerprint density at radius 2 is 2.31 bits per heavy atom. The van der Waals surface area contributed by atoms with Gasteiger partial charge in [-0.3, -0.25) is 4.90 Å². The summed E-state index contributed by atoms with van der Waals surface area (Å²) in [5, 5.41) is 13.0. The summed E-state index contributed by atoms with van der Waals surface area (Å²) in [5.74, 6) is 0.562. The molecule has 1 heterocycles. The summed E-state index contributed by atoms with van der Waals surface area (Å²) in [6.45, 7) is 7.78. The topological polar surface area (TPSA) is 44.7 Å². The van der Waals surface area contributed by atoms with Gasteiger partial charge in [-0.2, -0.15) is 0 Å². The highest BCUT2D eigenvalue weighted by molar-refractivity contribution is 4.82. The second kappa shape index (κ2) is 5.96. The van der Waals surface area contributed by atoms with Crippen molar-refractivity contribution < 1.29 is 9.84 Å². The van der Waals surface area contributed by atoms with Crippen LogP contribution >= 0.6 is 0 Å². The third-order valence-electron chi connectivity index (χ3n) is 3.56. The summed E-state index contributed by atoms with van der Waals surface area (Å²) in [6.07, 6.45) is 2.55. The zero-order valence-electron chi connectivity index (χ0n) is 10.2. The molecule has 1 saturated heterocycles. The van der Waals surface area contributed by atoms with Gasteiger partial charge < -0.3 is 15.2 Å². The third kappa shape index (κ3) is 3.70. The highest BCUT2D eigenvalue weighted by Gasteiger charge is 2.29. The van der Waals surface area contributed by atoms with Crippen molar-refractivity contribution in [2.75, 3.05) is 39.3 Å². The highest BCUT2D eigenvalue weighted by Crippen LogP contribution is 2.32. The van der Waals surface area contributed by atoms with Crippen LogP contribution in [0.5, 0.6) is 0 Å². The van der Waals surface area contributed by atoms with Gasteiger partial charge in [-0.25, -0.2) is 0 Å². The van der Waals surface area contributed by atoms with Crippen molar-refractivity contribution in [3.05, 3.63) is 0 Å². The van der Waals surface area contributed by atoms with E-state index in [-0.39, 0.29) is 6.10 Å². The molecule has 2 aliphatic rings. The Morgan fingerprint density at radius 1 is 1.50 bits per heavy atom. The van der Waals surface area contributed by atoms with Crippen LogP contribution < -0.4 is 5.32 Å². The maximum atomic E-state index is 9.70. The normalized spacial score (nSPS) is 29.2. The Bertz CT molecular complexity index is 209. The van der Waals surface area contributed by atoms with Gasteiger partial charge in [0, 0.05) is 26.2 Å². The van der Waals surface area contributed by atoms with Gasteiger partial charge >= 0.3 is 0 Å². The number of hydrogen-bond acceptors (Lipinski definition) is 4. The van der Waals surface area contributed by atoms with Crippen LogP contribution in [0.2, 0.25) is 0 Å². The van der Waals surface area contributed by atoms with E-state index in [1.807, 2.05) is 0 Å². The molecule has 0 aromatic rings. The predicted octanol–water partition coefficient (Wildman–Crippen LogP) is 0.0676. The second-order valence-electron chi connectivity index (χ2n) is 4.95. The lowest BCUT2D eigenvalue weighted by molar-refractivity contribution is -0.0263. The zero-order chi connectivity index (χ0) is 11.4. The van der Waals surface area contributed by atoms with Crippen molar-refractivity contribution >= 4 is 0 Å². The molecule has 0 radical (unpaired) electrons. The summed E-state index contributed by atoms with van der Waals surface area (Å²) in [7, 11) is 0. The SMILES string of the molecule is CCN1CCOC(CNCC(O)C2CC2)C1. The van der Waals surface area contributed by atoms with Gasteiger partial charge in [0.2, 0.25) is 0 Å². The van der Waals surface area contributed by atoms with Crippen molar-refractivity contribution in [1.82, 2.24) is 10.2 Å². The summed E-state index contributed by atoms with van der Waals surface area (Å²) in [5.41, 5.74) is 0. The Balaban J connectivity index is 1.57. The number of morpholine rings is 1. The molecular weight excluding hydrogens is 204 g/mol. The maximum Gasteiger partial charge on any atom is 0.0826 e. The number of likely N-dealkylation sites (N-methyl/N-ethyl adjacent to an activating group) is 1. The minimum Gasteiger partial charge on any atom is -0.392 e. The molecule has 0 aromatic carbocycles. The van der Waals surface area contributed by atoms with Gasteiger partial charge in [0.15, 0.2) is 0 Å². The molecule has 0 spiro atoms. The van der Waals surface area contributed by atoms with E-state index in [0.717, 1.165) is 39.3 Å². The number of hydrogen-bond donors (Lipinski definition) is 2. The molecular formula is C12H24N2O2. The van der Waals surface area contributed by atoms with Gasteiger partial charge in [0.1, 0.15) is 0 Å². The van der Waals surface area contributed by atoms with Crippen molar-refractivity contribution in [3.63, 3.8) is 0 Å². The van der Waals surface area contributed by atoms with Crippen LogP contribution in [0.1, 0.15) is 19.8 Å². The van der Waals surface area contributed by atoms with Crippen molar-refractivity contribution in [2.24, 2.45) is 5.92 Å². The minimum atomic E-state index is -0.147. The summed E-state index contributed by atoms with van der Waals surface area (Å²) >= 11 is 0. The van der Waals surface area contributed by atoms with E-state index in [1.54, 1.807) is 0 Å². The molecule has 0 bridgehead atoms. The van der Waals surface area contributed by atoms with Gasteiger partial charge in [0.05, 0.1) is 18.8 Å². The molecule has 2 fully saturated rings. The lowest BCUT2D eigenvalue weighted by atomic mass is 10.2. The lowest BCUT2D eigenvalue weighted by Crippen LogP contribution is -2.47. The van der Waals surface area contributed by atoms with Crippen molar-refractivity contribution in [3.8, 4) is 0 Å². The van der Waals surface area contributed by atoms with Crippen LogP contribution in [0.25, 0.3) is 0 Å². The highest BCUT2D eigenvalue weighted by atomic mass is 16.5. The molecule has 2 unspecified atom stereocenters. The molecule has 2 atom stereocenters. The Kier molecular flexibility index (Phi) is 4.58. The average Bonchev–Trinajstić information content (AvgIpc) is 3.13. The molecule has 0 aromatic heterocycles.